The second-order valence-electron chi connectivity index (χ2n) is 8.27. The molecule has 0 fully saturated rings. The van der Waals surface area contributed by atoms with Crippen molar-refractivity contribution in [2.24, 2.45) is 0 Å². The Kier molecular flexibility index (Phi) is 5.45. The topological polar surface area (TPSA) is 29.3 Å². The van der Waals surface area contributed by atoms with Crippen molar-refractivity contribution in [2.45, 2.75) is 25.7 Å². The highest BCUT2D eigenvalue weighted by atomic mass is 15.1. The van der Waals surface area contributed by atoms with E-state index in [1.165, 1.54) is 52.9 Å². The van der Waals surface area contributed by atoms with Gasteiger partial charge in [0.2, 0.25) is 0 Å². The van der Waals surface area contributed by atoms with Crippen molar-refractivity contribution in [2.75, 3.05) is 17.2 Å². The third-order valence-corrected chi connectivity index (χ3v) is 6.33. The molecule has 0 atom stereocenters. The van der Waals surface area contributed by atoms with Gasteiger partial charge in [-0.05, 0) is 77.2 Å². The van der Waals surface area contributed by atoms with Crippen LogP contribution in [0.25, 0.3) is 21.5 Å². The lowest BCUT2D eigenvalue weighted by Gasteiger charge is -2.20. The number of rotatable bonds is 1. The van der Waals surface area contributed by atoms with Gasteiger partial charge in [-0.3, -0.25) is 0 Å². The van der Waals surface area contributed by atoms with Crippen molar-refractivity contribution in [3.8, 4) is 0 Å². The lowest BCUT2D eigenvalue weighted by atomic mass is 9.86. The molecule has 0 saturated carbocycles. The Hall–Kier alpha value is -3.52. The number of hydrogen-bond donors (Lipinski definition) is 1. The maximum absolute atomic E-state index is 6.09. The molecule has 0 bridgehead atoms. The normalized spacial score (nSPS) is 14.9. The van der Waals surface area contributed by atoms with E-state index >= 15 is 0 Å². The van der Waals surface area contributed by atoms with E-state index in [1.54, 1.807) is 11.1 Å². The van der Waals surface area contributed by atoms with Gasteiger partial charge in [0.25, 0.3) is 0 Å². The lowest BCUT2D eigenvalue weighted by Crippen LogP contribution is -2.16. The minimum atomic E-state index is 0.872. The Morgan fingerprint density at radius 1 is 0.645 bits per heavy atom. The third kappa shape index (κ3) is 3.94. The average molecular weight is 405 g/mol. The zero-order chi connectivity index (χ0) is 21.0. The highest BCUT2D eigenvalue weighted by Gasteiger charge is 2.13. The van der Waals surface area contributed by atoms with Crippen LogP contribution in [-0.2, 0) is 12.8 Å². The summed E-state index contributed by atoms with van der Waals surface area (Å²) in [5, 5.41) is 5.23. The van der Waals surface area contributed by atoms with Gasteiger partial charge in [0.15, 0.2) is 0 Å². The minimum Gasteiger partial charge on any atom is -0.398 e. The Labute approximate surface area is 184 Å². The number of hydrogen-bond acceptors (Lipinski definition) is 2. The van der Waals surface area contributed by atoms with Crippen LogP contribution in [0, 0.1) is 0 Å². The number of aryl methyl sites for hydroxylation is 2. The number of allylic oxidation sites excluding steroid dienone is 2. The summed E-state index contributed by atoms with van der Waals surface area (Å²) in [7, 11) is 0. The SMILES string of the molecule is C1=CCN(c2ccccc2)C=C1.Nc1cccc2c1ccc1c3c(ccc12)CCCC3. The van der Waals surface area contributed by atoms with Crippen molar-refractivity contribution < 1.29 is 0 Å². The second kappa shape index (κ2) is 8.69. The van der Waals surface area contributed by atoms with E-state index in [0.29, 0.717) is 0 Å². The van der Waals surface area contributed by atoms with Crippen LogP contribution in [0.15, 0.2) is 97.2 Å². The van der Waals surface area contributed by atoms with E-state index in [4.69, 9.17) is 5.73 Å². The number of anilines is 2. The van der Waals surface area contributed by atoms with E-state index in [9.17, 15) is 0 Å². The summed E-state index contributed by atoms with van der Waals surface area (Å²) in [6, 6.07) is 25.6. The molecule has 1 heterocycles. The smallest absolute Gasteiger partial charge is 0.0409 e. The number of benzene rings is 4. The summed E-state index contributed by atoms with van der Waals surface area (Å²) in [5.74, 6) is 0. The fourth-order valence-electron chi connectivity index (χ4n) is 4.73. The van der Waals surface area contributed by atoms with Gasteiger partial charge in [-0.25, -0.2) is 0 Å². The number of para-hydroxylation sites is 1. The van der Waals surface area contributed by atoms with Crippen LogP contribution in [0.5, 0.6) is 0 Å². The molecular weight excluding hydrogens is 376 g/mol. The van der Waals surface area contributed by atoms with Crippen molar-refractivity contribution >= 4 is 32.9 Å². The van der Waals surface area contributed by atoms with Gasteiger partial charge in [0.05, 0.1) is 0 Å². The van der Waals surface area contributed by atoms with Gasteiger partial charge in [0.1, 0.15) is 0 Å². The number of nitrogens with zero attached hydrogens (tertiary/aromatic N) is 1. The highest BCUT2D eigenvalue weighted by Crippen LogP contribution is 2.34. The standard InChI is InChI=1S/C18H17N.C11H11N/c19-18-7-3-6-14-16-9-8-12-4-1-2-5-13(12)15(16)10-11-17(14)18;1-3-7-11(8-4-1)12-9-5-2-6-10-12/h3,6-11H,1-2,4-5,19H2;1-9H,10H2. The molecule has 4 aromatic carbocycles. The first-order valence-electron chi connectivity index (χ1n) is 11.2. The van der Waals surface area contributed by atoms with Crippen molar-refractivity contribution in [1.82, 2.24) is 0 Å². The summed E-state index contributed by atoms with van der Waals surface area (Å²) in [5.41, 5.74) is 11.3. The van der Waals surface area contributed by atoms with Crippen LogP contribution in [0.2, 0.25) is 0 Å². The zero-order valence-corrected chi connectivity index (χ0v) is 17.8. The van der Waals surface area contributed by atoms with E-state index in [2.05, 4.69) is 90.0 Å². The lowest BCUT2D eigenvalue weighted by molar-refractivity contribution is 0.690. The first kappa shape index (κ1) is 19.4. The largest absolute Gasteiger partial charge is 0.398 e. The quantitative estimate of drug-likeness (QED) is 0.272. The number of nitrogen functional groups attached to an aromatic ring is 1. The van der Waals surface area contributed by atoms with Crippen LogP contribution < -0.4 is 10.6 Å². The van der Waals surface area contributed by atoms with Crippen LogP contribution in [-0.4, -0.2) is 6.54 Å². The molecule has 0 saturated heterocycles. The molecule has 2 heteroatoms. The number of fused-ring (bicyclic) bond motifs is 5. The van der Waals surface area contributed by atoms with Gasteiger partial charge in [-0.2, -0.15) is 0 Å². The van der Waals surface area contributed by atoms with Crippen molar-refractivity contribution in [3.63, 3.8) is 0 Å². The molecule has 4 aromatic rings. The summed E-state index contributed by atoms with van der Waals surface area (Å²) in [4.78, 5) is 2.21. The molecule has 0 spiro atoms. The van der Waals surface area contributed by atoms with E-state index in [-0.39, 0.29) is 0 Å². The maximum Gasteiger partial charge on any atom is 0.0409 e. The fraction of sp³-hybridized carbons (Fsp3) is 0.172. The van der Waals surface area contributed by atoms with Gasteiger partial charge in [-0.15, -0.1) is 0 Å². The zero-order valence-electron chi connectivity index (χ0n) is 17.8. The molecule has 0 radical (unpaired) electrons. The summed E-state index contributed by atoms with van der Waals surface area (Å²) < 4.78 is 0. The second-order valence-corrected chi connectivity index (χ2v) is 8.27. The van der Waals surface area contributed by atoms with E-state index < -0.39 is 0 Å². The fourth-order valence-corrected chi connectivity index (χ4v) is 4.73. The minimum absolute atomic E-state index is 0.872. The first-order valence-corrected chi connectivity index (χ1v) is 11.2. The third-order valence-electron chi connectivity index (χ3n) is 6.33. The molecule has 1 aliphatic carbocycles. The van der Waals surface area contributed by atoms with Gasteiger partial charge in [0, 0.05) is 29.5 Å². The van der Waals surface area contributed by atoms with Gasteiger partial charge < -0.3 is 10.6 Å². The number of nitrogens with two attached hydrogens (primary N) is 1. The molecule has 0 unspecified atom stereocenters. The Morgan fingerprint density at radius 2 is 1.42 bits per heavy atom. The highest BCUT2D eigenvalue weighted by molar-refractivity contribution is 6.12. The molecule has 2 aliphatic rings. The predicted octanol–water partition coefficient (Wildman–Crippen LogP) is 7.03. The van der Waals surface area contributed by atoms with E-state index in [0.717, 1.165) is 12.2 Å². The van der Waals surface area contributed by atoms with Crippen molar-refractivity contribution in [3.05, 3.63) is 108 Å². The molecule has 31 heavy (non-hydrogen) atoms. The van der Waals surface area contributed by atoms with E-state index in [1.807, 2.05) is 12.1 Å². The van der Waals surface area contributed by atoms with Crippen LogP contribution in [0.1, 0.15) is 24.0 Å². The average Bonchev–Trinajstić information content (AvgIpc) is 2.85. The Morgan fingerprint density at radius 3 is 2.26 bits per heavy atom. The molecule has 1 aliphatic heterocycles. The predicted molar refractivity (Wildman–Crippen MR) is 135 cm³/mol. The van der Waals surface area contributed by atoms with Crippen molar-refractivity contribution in [1.29, 1.82) is 0 Å². The Bertz CT molecular complexity index is 1270. The van der Waals surface area contributed by atoms with Gasteiger partial charge in [-0.1, -0.05) is 66.7 Å². The molecule has 0 amide bonds. The molecule has 6 rings (SSSR count). The monoisotopic (exact) mass is 404 g/mol. The molecule has 2 nitrogen and oxygen atoms in total. The summed E-state index contributed by atoms with van der Waals surface area (Å²) in [6.45, 7) is 0.973. The van der Waals surface area contributed by atoms with Crippen LogP contribution in [0.3, 0.4) is 0 Å². The summed E-state index contributed by atoms with van der Waals surface area (Å²) in [6.07, 6.45) is 13.5. The van der Waals surface area contributed by atoms with Gasteiger partial charge >= 0.3 is 0 Å². The van der Waals surface area contributed by atoms with Crippen LogP contribution >= 0.6 is 0 Å². The summed E-state index contributed by atoms with van der Waals surface area (Å²) >= 11 is 0. The molecule has 154 valence electrons. The molecule has 2 N–H and O–H groups in total. The molecule has 0 aromatic heterocycles. The molecular formula is C29H28N2. The van der Waals surface area contributed by atoms with Crippen LogP contribution in [0.4, 0.5) is 11.4 Å². The Balaban J connectivity index is 0.000000147. The maximum atomic E-state index is 6.09. The first-order chi connectivity index (χ1) is 15.3.